The molecule has 0 amide bonds. The van der Waals surface area contributed by atoms with Gasteiger partial charge in [-0.2, -0.15) is 12.6 Å². The first-order valence-corrected chi connectivity index (χ1v) is 6.49. The number of hydrogen-bond donors (Lipinski definition) is 1. The van der Waals surface area contributed by atoms with Crippen LogP contribution < -0.4 is 0 Å². The van der Waals surface area contributed by atoms with Crippen LogP contribution in [0, 0.1) is 0 Å². The van der Waals surface area contributed by atoms with Gasteiger partial charge in [0.25, 0.3) is 0 Å². The summed E-state index contributed by atoms with van der Waals surface area (Å²) in [5.74, 6) is 1.21. The fourth-order valence-electron chi connectivity index (χ4n) is 1.01. The van der Waals surface area contributed by atoms with Crippen LogP contribution in [0.25, 0.3) is 0 Å². The fourth-order valence-corrected chi connectivity index (χ4v) is 4.45. The van der Waals surface area contributed by atoms with Gasteiger partial charge in [-0.15, -0.1) is 23.5 Å². The normalized spacial score (nSPS) is 25.2. The molecular weight excluding hydrogens is 208 g/mol. The van der Waals surface area contributed by atoms with Crippen LogP contribution in [0.15, 0.2) is 12.7 Å². The Balaban J connectivity index is 2.29. The van der Waals surface area contributed by atoms with Crippen molar-refractivity contribution in [3.05, 3.63) is 12.7 Å². The molecule has 1 aliphatic rings. The number of rotatable bonds is 4. The Bertz CT molecular complexity index is 175. The summed E-state index contributed by atoms with van der Waals surface area (Å²) in [5, 5.41) is 1.63. The van der Waals surface area contributed by atoms with Crippen molar-refractivity contribution in [2.75, 3.05) is 10.8 Å². The number of thiol groups is 1. The molecule has 1 saturated heterocycles. The highest BCUT2D eigenvalue weighted by Crippen LogP contribution is 2.33. The highest BCUT2D eigenvalue weighted by Gasteiger charge is 2.21. The number of carbonyl (C=O) groups is 1. The van der Waals surface area contributed by atoms with E-state index in [1.165, 1.54) is 6.08 Å². The monoisotopic (exact) mass is 220 g/mol. The molecule has 0 aromatic rings. The molecule has 1 aliphatic heterocycles. The maximum Gasteiger partial charge on any atom is 0.167 e. The molecule has 2 atom stereocenters. The van der Waals surface area contributed by atoms with Gasteiger partial charge in [0.2, 0.25) is 0 Å². The number of allylic oxidation sites excluding steroid dienone is 1. The Morgan fingerprint density at radius 3 is 3.08 bits per heavy atom. The molecule has 0 aromatic carbocycles. The summed E-state index contributed by atoms with van der Waals surface area (Å²) in [6, 6.07) is 0. The van der Waals surface area contributed by atoms with Crippen molar-refractivity contribution in [3.8, 4) is 0 Å². The molecule has 0 radical (unpaired) electrons. The van der Waals surface area contributed by atoms with Gasteiger partial charge >= 0.3 is 0 Å². The second kappa shape index (κ2) is 5.25. The molecule has 0 N–H and O–H groups in total. The lowest BCUT2D eigenvalue weighted by Crippen LogP contribution is -2.17. The molecular formula is C8H12OS3. The van der Waals surface area contributed by atoms with E-state index < -0.39 is 0 Å². The molecule has 1 fully saturated rings. The first-order valence-electron chi connectivity index (χ1n) is 3.77. The second-order valence-corrected chi connectivity index (χ2v) is 5.94. The lowest BCUT2D eigenvalue weighted by Gasteiger charge is -2.11. The molecule has 68 valence electrons. The Morgan fingerprint density at radius 2 is 2.58 bits per heavy atom. The van der Waals surface area contributed by atoms with Gasteiger partial charge in [0, 0.05) is 16.1 Å². The molecule has 0 spiro atoms. The van der Waals surface area contributed by atoms with Crippen LogP contribution in [0.4, 0.5) is 0 Å². The van der Waals surface area contributed by atoms with Crippen LogP contribution in [0.1, 0.15) is 6.42 Å². The Morgan fingerprint density at radius 1 is 1.83 bits per heavy atom. The summed E-state index contributed by atoms with van der Waals surface area (Å²) >= 11 is 8.10. The minimum atomic E-state index is -0.140. The van der Waals surface area contributed by atoms with Crippen molar-refractivity contribution in [1.82, 2.24) is 0 Å². The van der Waals surface area contributed by atoms with Gasteiger partial charge < -0.3 is 0 Å². The molecule has 0 saturated carbocycles. The van der Waals surface area contributed by atoms with Crippen molar-refractivity contribution in [3.63, 3.8) is 0 Å². The number of hydrogen-bond acceptors (Lipinski definition) is 4. The van der Waals surface area contributed by atoms with E-state index in [1.807, 2.05) is 23.5 Å². The summed E-state index contributed by atoms with van der Waals surface area (Å²) in [7, 11) is 0. The van der Waals surface area contributed by atoms with Crippen LogP contribution in [-0.4, -0.2) is 27.1 Å². The van der Waals surface area contributed by atoms with E-state index >= 15 is 0 Å². The van der Waals surface area contributed by atoms with Crippen LogP contribution in [-0.2, 0) is 4.79 Å². The molecule has 0 bridgehead atoms. The standard InChI is InChI=1S/C8H12OS3/c1-2-7(9)8(10)3-6-4-11-5-12-6/h2,6,8,10H,1,3-5H2. The average Bonchev–Trinajstić information content (AvgIpc) is 2.55. The quantitative estimate of drug-likeness (QED) is 0.578. The average molecular weight is 220 g/mol. The number of thioether (sulfide) groups is 2. The van der Waals surface area contributed by atoms with Crippen LogP contribution in [0.3, 0.4) is 0 Å². The summed E-state index contributed by atoms with van der Waals surface area (Å²) in [6.45, 7) is 3.45. The summed E-state index contributed by atoms with van der Waals surface area (Å²) in [4.78, 5) is 11.1. The molecule has 1 heterocycles. The molecule has 0 aliphatic carbocycles. The smallest absolute Gasteiger partial charge is 0.167 e. The van der Waals surface area contributed by atoms with Gasteiger partial charge in [0.15, 0.2) is 5.78 Å². The van der Waals surface area contributed by atoms with Gasteiger partial charge in [-0.25, -0.2) is 0 Å². The summed E-state index contributed by atoms with van der Waals surface area (Å²) in [5.41, 5.74) is 0. The highest BCUT2D eigenvalue weighted by molar-refractivity contribution is 8.19. The third-order valence-corrected chi connectivity index (χ3v) is 5.06. The first kappa shape index (κ1) is 10.5. The predicted octanol–water partition coefficient (Wildman–Crippen LogP) is 2.24. The first-order chi connectivity index (χ1) is 5.74. The maximum atomic E-state index is 11.1. The predicted molar refractivity (Wildman–Crippen MR) is 61.3 cm³/mol. The molecule has 4 heteroatoms. The topological polar surface area (TPSA) is 17.1 Å². The van der Waals surface area contributed by atoms with E-state index in [-0.39, 0.29) is 11.0 Å². The minimum absolute atomic E-state index is 0.0517. The zero-order chi connectivity index (χ0) is 8.97. The van der Waals surface area contributed by atoms with E-state index in [2.05, 4.69) is 19.2 Å². The minimum Gasteiger partial charge on any atom is -0.294 e. The Hall–Kier alpha value is 0.460. The SMILES string of the molecule is C=CC(=O)C(S)CC1CSCS1. The van der Waals surface area contributed by atoms with E-state index in [0.29, 0.717) is 5.25 Å². The lowest BCUT2D eigenvalue weighted by atomic mass is 10.2. The fraction of sp³-hybridized carbons (Fsp3) is 0.625. The third-order valence-electron chi connectivity index (χ3n) is 1.71. The van der Waals surface area contributed by atoms with Gasteiger partial charge in [0.1, 0.15) is 0 Å². The van der Waals surface area contributed by atoms with Crippen LogP contribution >= 0.6 is 36.2 Å². The van der Waals surface area contributed by atoms with Crippen molar-refractivity contribution >= 4 is 41.9 Å². The molecule has 2 unspecified atom stereocenters. The zero-order valence-corrected chi connectivity index (χ0v) is 9.26. The molecule has 1 nitrogen and oxygen atoms in total. The lowest BCUT2D eigenvalue weighted by molar-refractivity contribution is -0.114. The van der Waals surface area contributed by atoms with Gasteiger partial charge in [0.05, 0.1) is 5.25 Å². The summed E-state index contributed by atoms with van der Waals surface area (Å²) < 4.78 is 0. The Labute approximate surface area is 87.2 Å². The van der Waals surface area contributed by atoms with E-state index in [0.717, 1.165) is 17.3 Å². The largest absolute Gasteiger partial charge is 0.294 e. The van der Waals surface area contributed by atoms with Crippen LogP contribution in [0.2, 0.25) is 0 Å². The molecule has 0 aromatic heterocycles. The van der Waals surface area contributed by atoms with E-state index in [9.17, 15) is 4.79 Å². The number of carbonyl (C=O) groups excluding carboxylic acids is 1. The van der Waals surface area contributed by atoms with Gasteiger partial charge in [-0.1, -0.05) is 6.58 Å². The summed E-state index contributed by atoms with van der Waals surface area (Å²) in [6.07, 6.45) is 2.25. The second-order valence-electron chi connectivity index (χ2n) is 2.64. The van der Waals surface area contributed by atoms with Crippen molar-refractivity contribution in [1.29, 1.82) is 0 Å². The third kappa shape index (κ3) is 3.07. The van der Waals surface area contributed by atoms with Crippen molar-refractivity contribution < 1.29 is 4.79 Å². The van der Waals surface area contributed by atoms with Crippen molar-refractivity contribution in [2.24, 2.45) is 0 Å². The number of ketones is 1. The van der Waals surface area contributed by atoms with E-state index in [1.54, 1.807) is 0 Å². The van der Waals surface area contributed by atoms with Gasteiger partial charge in [-0.3, -0.25) is 4.79 Å². The Kier molecular flexibility index (Phi) is 4.61. The molecule has 1 rings (SSSR count). The van der Waals surface area contributed by atoms with Crippen LogP contribution in [0.5, 0.6) is 0 Å². The zero-order valence-electron chi connectivity index (χ0n) is 6.73. The molecule has 12 heavy (non-hydrogen) atoms. The van der Waals surface area contributed by atoms with Crippen molar-refractivity contribution in [2.45, 2.75) is 16.9 Å². The van der Waals surface area contributed by atoms with E-state index in [4.69, 9.17) is 0 Å². The maximum absolute atomic E-state index is 11.1. The van der Waals surface area contributed by atoms with Gasteiger partial charge in [-0.05, 0) is 12.5 Å². The highest BCUT2D eigenvalue weighted by atomic mass is 32.2.